The van der Waals surface area contributed by atoms with Crippen molar-refractivity contribution in [2.45, 2.75) is 0 Å². The highest BCUT2D eigenvalue weighted by Gasteiger charge is 2.01. The molecule has 78 valence electrons. The lowest BCUT2D eigenvalue weighted by atomic mass is 10.5. The van der Waals surface area contributed by atoms with Gasteiger partial charge in [-0.2, -0.15) is 0 Å². The molecule has 0 aliphatic heterocycles. The van der Waals surface area contributed by atoms with Crippen molar-refractivity contribution in [3.05, 3.63) is 0 Å². The fourth-order valence-corrected chi connectivity index (χ4v) is 1.21. The molecule has 6 heteroatoms. The number of hydrogen-bond acceptors (Lipinski definition) is 4. The molecular formula is C8H13N3O2S. The minimum absolute atomic E-state index is 0.0829. The number of imide groups is 1. The van der Waals surface area contributed by atoms with Gasteiger partial charge in [-0.05, 0) is 0 Å². The molecule has 0 aromatic rings. The van der Waals surface area contributed by atoms with Crippen molar-refractivity contribution in [1.29, 1.82) is 0 Å². The van der Waals surface area contributed by atoms with Gasteiger partial charge in [-0.3, -0.25) is 10.1 Å². The largest absolute Gasteiger partial charge is 0.351 e. The average molecular weight is 215 g/mol. The molecule has 3 amide bonds. The first kappa shape index (κ1) is 12.8. The Morgan fingerprint density at radius 3 is 2.79 bits per heavy atom. The van der Waals surface area contributed by atoms with Crippen molar-refractivity contribution in [3.8, 4) is 12.3 Å². The molecule has 0 atom stereocenters. The predicted molar refractivity (Wildman–Crippen MR) is 56.8 cm³/mol. The molecule has 0 spiro atoms. The third kappa shape index (κ3) is 8.90. The second-order valence-corrected chi connectivity index (χ2v) is 3.45. The van der Waals surface area contributed by atoms with E-state index < -0.39 is 11.9 Å². The summed E-state index contributed by atoms with van der Waals surface area (Å²) >= 11 is 1.60. The third-order valence-electron chi connectivity index (χ3n) is 1.16. The van der Waals surface area contributed by atoms with Crippen molar-refractivity contribution in [2.75, 3.05) is 24.6 Å². The summed E-state index contributed by atoms with van der Waals surface area (Å²) in [4.78, 5) is 21.0. The number of thioether (sulfide) groups is 1. The Balaban J connectivity index is 3.24. The molecule has 0 fully saturated rings. The summed E-state index contributed by atoms with van der Waals surface area (Å²) in [7, 11) is 0. The summed E-state index contributed by atoms with van der Waals surface area (Å²) in [5.41, 5.74) is 4.74. The monoisotopic (exact) mass is 215 g/mol. The fourth-order valence-electron chi connectivity index (χ4n) is 0.659. The van der Waals surface area contributed by atoms with E-state index in [-0.39, 0.29) is 6.54 Å². The number of hydrogen-bond donors (Lipinski definition) is 3. The Morgan fingerprint density at radius 1 is 1.50 bits per heavy atom. The van der Waals surface area contributed by atoms with Crippen LogP contribution in [0, 0.1) is 12.3 Å². The number of rotatable bonds is 6. The molecule has 5 nitrogen and oxygen atoms in total. The first-order valence-corrected chi connectivity index (χ1v) is 5.13. The Bertz CT molecular complexity index is 237. The summed E-state index contributed by atoms with van der Waals surface area (Å²) < 4.78 is 0. The van der Waals surface area contributed by atoms with Gasteiger partial charge in [-0.15, -0.1) is 18.2 Å². The lowest BCUT2D eigenvalue weighted by Crippen LogP contribution is -2.41. The van der Waals surface area contributed by atoms with Gasteiger partial charge in [-0.1, -0.05) is 5.92 Å². The fraction of sp³-hybridized carbons (Fsp3) is 0.500. The van der Waals surface area contributed by atoms with E-state index in [2.05, 4.69) is 11.2 Å². The van der Waals surface area contributed by atoms with Crippen LogP contribution in [0.1, 0.15) is 0 Å². The predicted octanol–water partition coefficient (Wildman–Crippen LogP) is -0.863. The molecule has 4 N–H and O–H groups in total. The van der Waals surface area contributed by atoms with Gasteiger partial charge in [0.25, 0.3) is 0 Å². The Morgan fingerprint density at radius 2 is 2.21 bits per heavy atom. The SMILES string of the molecule is C#CCSCCNCC(=O)NC(N)=O. The molecule has 0 aliphatic rings. The molecule has 0 aliphatic carbocycles. The van der Waals surface area contributed by atoms with Crippen LogP contribution in [-0.4, -0.2) is 36.5 Å². The van der Waals surface area contributed by atoms with E-state index in [9.17, 15) is 9.59 Å². The van der Waals surface area contributed by atoms with Gasteiger partial charge in [0.2, 0.25) is 5.91 Å². The van der Waals surface area contributed by atoms with Crippen LogP contribution in [0.5, 0.6) is 0 Å². The number of urea groups is 1. The van der Waals surface area contributed by atoms with E-state index in [0.29, 0.717) is 12.3 Å². The second kappa shape index (κ2) is 8.41. The zero-order valence-corrected chi connectivity index (χ0v) is 8.52. The minimum atomic E-state index is -0.835. The van der Waals surface area contributed by atoms with E-state index in [0.717, 1.165) is 5.75 Å². The zero-order valence-electron chi connectivity index (χ0n) is 7.71. The number of carbonyl (C=O) groups is 2. The highest BCUT2D eigenvalue weighted by Crippen LogP contribution is 1.94. The van der Waals surface area contributed by atoms with Crippen molar-refractivity contribution in [1.82, 2.24) is 10.6 Å². The molecule has 0 unspecified atom stereocenters. The summed E-state index contributed by atoms with van der Waals surface area (Å²) in [5.74, 6) is 3.55. The van der Waals surface area contributed by atoms with Crippen LogP contribution in [-0.2, 0) is 4.79 Å². The highest BCUT2D eigenvalue weighted by molar-refractivity contribution is 7.99. The van der Waals surface area contributed by atoms with Gasteiger partial charge in [0.1, 0.15) is 0 Å². The Kier molecular flexibility index (Phi) is 7.70. The number of primary amides is 1. The maximum absolute atomic E-state index is 10.8. The van der Waals surface area contributed by atoms with Gasteiger partial charge in [0.05, 0.1) is 12.3 Å². The van der Waals surface area contributed by atoms with Crippen LogP contribution < -0.4 is 16.4 Å². The summed E-state index contributed by atoms with van der Waals surface area (Å²) in [6.45, 7) is 0.748. The molecule has 14 heavy (non-hydrogen) atoms. The third-order valence-corrected chi connectivity index (χ3v) is 2.02. The van der Waals surface area contributed by atoms with Crippen molar-refractivity contribution < 1.29 is 9.59 Å². The Labute approximate surface area is 87.2 Å². The van der Waals surface area contributed by atoms with Crippen LogP contribution in [0.2, 0.25) is 0 Å². The second-order valence-electron chi connectivity index (χ2n) is 2.35. The molecule has 0 saturated heterocycles. The molecule has 0 saturated carbocycles. The lowest BCUT2D eigenvalue weighted by Gasteiger charge is -2.02. The quantitative estimate of drug-likeness (QED) is 0.397. The van der Waals surface area contributed by atoms with Crippen LogP contribution in [0.3, 0.4) is 0 Å². The van der Waals surface area contributed by atoms with Crippen molar-refractivity contribution in [2.24, 2.45) is 5.73 Å². The van der Waals surface area contributed by atoms with E-state index in [1.165, 1.54) is 0 Å². The van der Waals surface area contributed by atoms with Crippen molar-refractivity contribution >= 4 is 23.7 Å². The van der Waals surface area contributed by atoms with E-state index in [4.69, 9.17) is 12.2 Å². The number of carbonyl (C=O) groups excluding carboxylic acids is 2. The maximum atomic E-state index is 10.8. The molecule has 0 radical (unpaired) electrons. The smallest absolute Gasteiger partial charge is 0.318 e. The average Bonchev–Trinajstić information content (AvgIpc) is 2.10. The van der Waals surface area contributed by atoms with Gasteiger partial charge in [0.15, 0.2) is 0 Å². The molecule has 0 aromatic carbocycles. The molecule has 0 rings (SSSR count). The van der Waals surface area contributed by atoms with Gasteiger partial charge >= 0.3 is 6.03 Å². The topological polar surface area (TPSA) is 84.2 Å². The molecule has 0 bridgehead atoms. The summed E-state index contributed by atoms with van der Waals surface area (Å²) in [5, 5.41) is 4.78. The van der Waals surface area contributed by atoms with Crippen LogP contribution in [0.15, 0.2) is 0 Å². The van der Waals surface area contributed by atoms with Gasteiger partial charge < -0.3 is 11.1 Å². The number of amides is 3. The van der Waals surface area contributed by atoms with E-state index in [1.807, 2.05) is 5.32 Å². The Hall–Kier alpha value is -1.19. The molecule has 0 heterocycles. The maximum Gasteiger partial charge on any atom is 0.318 e. The zero-order chi connectivity index (χ0) is 10.8. The van der Waals surface area contributed by atoms with Gasteiger partial charge in [0, 0.05) is 12.3 Å². The van der Waals surface area contributed by atoms with Crippen LogP contribution in [0.25, 0.3) is 0 Å². The van der Waals surface area contributed by atoms with Crippen molar-refractivity contribution in [3.63, 3.8) is 0 Å². The molecule has 0 aromatic heterocycles. The van der Waals surface area contributed by atoms with Gasteiger partial charge in [-0.25, -0.2) is 4.79 Å². The van der Waals surface area contributed by atoms with Crippen LogP contribution in [0.4, 0.5) is 4.79 Å². The first-order chi connectivity index (χ1) is 6.66. The number of terminal acetylenes is 1. The normalized spacial score (nSPS) is 9.07. The highest BCUT2D eigenvalue weighted by atomic mass is 32.2. The lowest BCUT2D eigenvalue weighted by molar-refractivity contribution is -0.119. The molecular weight excluding hydrogens is 202 g/mol. The minimum Gasteiger partial charge on any atom is -0.351 e. The number of nitrogens with two attached hydrogens (primary N) is 1. The first-order valence-electron chi connectivity index (χ1n) is 3.98. The standard InChI is InChI=1S/C8H13N3O2S/c1-2-4-14-5-3-10-6-7(12)11-8(9)13/h1,10H,3-6H2,(H3,9,11,12,13). The summed E-state index contributed by atoms with van der Waals surface area (Å²) in [6.07, 6.45) is 5.04. The summed E-state index contributed by atoms with van der Waals surface area (Å²) in [6, 6.07) is -0.835. The number of nitrogens with one attached hydrogen (secondary N) is 2. The van der Waals surface area contributed by atoms with E-state index >= 15 is 0 Å². The van der Waals surface area contributed by atoms with E-state index in [1.54, 1.807) is 11.8 Å². The van der Waals surface area contributed by atoms with Crippen LogP contribution >= 0.6 is 11.8 Å².